The highest BCUT2D eigenvalue weighted by atomic mass is 35.5. The number of fused-ring (bicyclic) bond motifs is 2. The van der Waals surface area contributed by atoms with E-state index in [1.807, 2.05) is 6.07 Å². The van der Waals surface area contributed by atoms with Gasteiger partial charge in [0.1, 0.15) is 11.9 Å². The highest BCUT2D eigenvalue weighted by Gasteiger charge is 2.50. The van der Waals surface area contributed by atoms with E-state index in [4.69, 9.17) is 11.6 Å². The van der Waals surface area contributed by atoms with Crippen LogP contribution in [0.1, 0.15) is 41.2 Å². The van der Waals surface area contributed by atoms with Gasteiger partial charge in [0.05, 0.1) is 23.2 Å². The van der Waals surface area contributed by atoms with Crippen molar-refractivity contribution < 1.29 is 23.1 Å². The lowest BCUT2D eigenvalue weighted by Crippen LogP contribution is -2.46. The molecule has 0 unspecified atom stereocenters. The molecule has 2 aliphatic rings. The minimum Gasteiger partial charge on any atom is -0.382 e. The van der Waals surface area contributed by atoms with Crippen molar-refractivity contribution in [3.8, 4) is 0 Å². The molecule has 1 atom stereocenters. The quantitative estimate of drug-likeness (QED) is 0.564. The first-order chi connectivity index (χ1) is 15.8. The van der Waals surface area contributed by atoms with E-state index >= 15 is 8.78 Å². The maximum absolute atomic E-state index is 15.5. The van der Waals surface area contributed by atoms with Crippen LogP contribution in [0.4, 0.5) is 13.2 Å². The molecule has 0 spiro atoms. The second kappa shape index (κ2) is 8.33. The second-order valence-corrected chi connectivity index (χ2v) is 9.33. The zero-order chi connectivity index (χ0) is 23.3. The fourth-order valence-electron chi connectivity index (χ4n) is 4.99. The number of benzene rings is 2. The van der Waals surface area contributed by atoms with Crippen molar-refractivity contribution in [2.24, 2.45) is 5.92 Å². The monoisotopic (exact) mass is 477 g/mol. The Morgan fingerprint density at radius 1 is 1.27 bits per heavy atom. The summed E-state index contributed by atoms with van der Waals surface area (Å²) in [5, 5.41) is 18.3. The zero-order valence-corrected chi connectivity index (χ0v) is 18.5. The Balaban J connectivity index is 1.28. The fourth-order valence-corrected chi connectivity index (χ4v) is 5.19. The van der Waals surface area contributed by atoms with Gasteiger partial charge >= 0.3 is 0 Å². The Labute approximate surface area is 193 Å². The molecule has 1 aromatic heterocycles. The summed E-state index contributed by atoms with van der Waals surface area (Å²) in [6.07, 6.45) is 1.30. The van der Waals surface area contributed by atoms with Gasteiger partial charge < -0.3 is 10.0 Å². The van der Waals surface area contributed by atoms with Gasteiger partial charge in [-0.25, -0.2) is 13.2 Å². The molecule has 0 saturated carbocycles. The molecular formula is C24H23ClF3N3O2. The molecule has 2 N–H and O–H groups in total. The fraction of sp³-hybridized carbons (Fsp3) is 0.417. The molecule has 1 aliphatic heterocycles. The molecule has 5 nitrogen and oxygen atoms in total. The van der Waals surface area contributed by atoms with E-state index in [0.717, 1.165) is 22.9 Å². The van der Waals surface area contributed by atoms with Crippen LogP contribution in [0.3, 0.4) is 0 Å². The Morgan fingerprint density at radius 3 is 2.70 bits per heavy atom. The van der Waals surface area contributed by atoms with E-state index < -0.39 is 23.8 Å². The molecule has 1 amide bonds. The number of H-pyrrole nitrogens is 1. The number of hydrogen-bond donors (Lipinski definition) is 2. The van der Waals surface area contributed by atoms with Crippen LogP contribution >= 0.6 is 11.6 Å². The average Bonchev–Trinajstić information content (AvgIpc) is 3.25. The van der Waals surface area contributed by atoms with E-state index in [-0.39, 0.29) is 48.8 Å². The van der Waals surface area contributed by atoms with E-state index in [1.54, 1.807) is 11.1 Å². The van der Waals surface area contributed by atoms with Gasteiger partial charge in [-0.2, -0.15) is 5.10 Å². The van der Waals surface area contributed by atoms with Crippen molar-refractivity contribution in [1.82, 2.24) is 15.1 Å². The predicted molar refractivity (Wildman–Crippen MR) is 118 cm³/mol. The van der Waals surface area contributed by atoms with Gasteiger partial charge in [0.25, 0.3) is 5.92 Å². The molecule has 0 radical (unpaired) electrons. The van der Waals surface area contributed by atoms with E-state index in [1.165, 1.54) is 18.2 Å². The number of piperidine rings is 1. The van der Waals surface area contributed by atoms with Gasteiger partial charge in [0.2, 0.25) is 5.91 Å². The van der Waals surface area contributed by atoms with Crippen LogP contribution in [0, 0.1) is 11.7 Å². The highest BCUT2D eigenvalue weighted by molar-refractivity contribution is 6.30. The maximum atomic E-state index is 15.5. The summed E-state index contributed by atoms with van der Waals surface area (Å²) >= 11 is 5.77. The molecule has 174 valence electrons. The molecule has 33 heavy (non-hydrogen) atoms. The predicted octanol–water partition coefficient (Wildman–Crippen LogP) is 4.60. The summed E-state index contributed by atoms with van der Waals surface area (Å²) in [5.41, 5.74) is 3.05. The Hall–Kier alpha value is -2.58. The number of aryl methyl sites for hydroxylation is 1. The van der Waals surface area contributed by atoms with Gasteiger partial charge in [0.15, 0.2) is 0 Å². The standard InChI is InChI=1S/C24H23ClF3N3O2/c25-18-9-13(1-4-19(18)26)10-20(32)31-7-5-16(6-8-31)24(27,28)23(33)21-17-3-2-14(17)11-15-12-29-30-22(15)21/h1,4,9,11-12,16,23,33H,2-3,5-8,10H2,(H,29,30)/t23-/m1/s1. The number of aliphatic hydroxyl groups excluding tert-OH is 1. The van der Waals surface area contributed by atoms with Gasteiger partial charge in [-0.3, -0.25) is 9.89 Å². The van der Waals surface area contributed by atoms with Crippen LogP contribution in [0.5, 0.6) is 0 Å². The maximum Gasteiger partial charge on any atom is 0.280 e. The molecule has 5 rings (SSSR count). The summed E-state index contributed by atoms with van der Waals surface area (Å²) in [4.78, 5) is 14.2. The van der Waals surface area contributed by atoms with Crippen LogP contribution in [0.2, 0.25) is 5.02 Å². The highest BCUT2D eigenvalue weighted by Crippen LogP contribution is 2.47. The van der Waals surface area contributed by atoms with Crippen molar-refractivity contribution in [1.29, 1.82) is 0 Å². The van der Waals surface area contributed by atoms with E-state index in [9.17, 15) is 14.3 Å². The summed E-state index contributed by atoms with van der Waals surface area (Å²) in [6.45, 7) is 0.347. The third-order valence-electron chi connectivity index (χ3n) is 6.99. The second-order valence-electron chi connectivity index (χ2n) is 8.92. The molecule has 1 fully saturated rings. The van der Waals surface area contributed by atoms with Crippen molar-refractivity contribution in [2.75, 3.05) is 13.1 Å². The molecular weight excluding hydrogens is 455 g/mol. The smallest absolute Gasteiger partial charge is 0.280 e. The number of likely N-dealkylation sites (tertiary alicyclic amines) is 1. The SMILES string of the molecule is O=C(Cc1ccc(F)c(Cl)c1)N1CCC(C(F)(F)[C@H](O)c2c3c(cc4cn[nH]c24)CC3)CC1. The van der Waals surface area contributed by atoms with Gasteiger partial charge in [-0.15, -0.1) is 0 Å². The van der Waals surface area contributed by atoms with Crippen molar-refractivity contribution in [3.05, 3.63) is 63.6 Å². The number of aromatic amines is 1. The summed E-state index contributed by atoms with van der Waals surface area (Å²) in [5.74, 6) is -5.17. The Kier molecular flexibility index (Phi) is 5.61. The average molecular weight is 478 g/mol. The van der Waals surface area contributed by atoms with Crippen molar-refractivity contribution >= 4 is 28.4 Å². The molecule has 9 heteroatoms. The number of hydrogen-bond acceptors (Lipinski definition) is 3. The van der Waals surface area contributed by atoms with Crippen LogP contribution in [0.15, 0.2) is 30.5 Å². The zero-order valence-electron chi connectivity index (χ0n) is 17.8. The first kappa shape index (κ1) is 22.2. The van der Waals surface area contributed by atoms with Gasteiger partial charge in [-0.1, -0.05) is 17.7 Å². The van der Waals surface area contributed by atoms with E-state index in [0.29, 0.717) is 17.5 Å². The Bertz CT molecular complexity index is 1220. The van der Waals surface area contributed by atoms with Gasteiger partial charge in [0, 0.05) is 30.0 Å². The summed E-state index contributed by atoms with van der Waals surface area (Å²) in [6, 6.07) is 6.03. The van der Waals surface area contributed by atoms with Crippen molar-refractivity contribution in [2.45, 2.75) is 44.1 Å². The first-order valence-electron chi connectivity index (χ1n) is 11.0. The number of halogens is 4. The number of rotatable bonds is 5. The Morgan fingerprint density at radius 2 is 2.03 bits per heavy atom. The molecule has 3 aromatic rings. The summed E-state index contributed by atoms with van der Waals surface area (Å²) in [7, 11) is 0. The lowest BCUT2D eigenvalue weighted by atomic mass is 9.77. The van der Waals surface area contributed by atoms with Crippen LogP contribution in [0.25, 0.3) is 10.9 Å². The number of nitrogens with one attached hydrogen (secondary N) is 1. The number of carbonyl (C=O) groups is 1. The molecule has 2 aromatic carbocycles. The van der Waals surface area contributed by atoms with Gasteiger partial charge in [-0.05, 0) is 60.6 Å². The molecule has 1 aliphatic carbocycles. The third kappa shape index (κ3) is 3.89. The van der Waals surface area contributed by atoms with Crippen LogP contribution in [-0.4, -0.2) is 45.1 Å². The topological polar surface area (TPSA) is 69.2 Å². The normalized spacial score (nSPS) is 17.7. The van der Waals surface area contributed by atoms with Crippen LogP contribution in [-0.2, 0) is 24.1 Å². The van der Waals surface area contributed by atoms with E-state index in [2.05, 4.69) is 10.2 Å². The first-order valence-corrected chi connectivity index (χ1v) is 11.4. The summed E-state index contributed by atoms with van der Waals surface area (Å²) < 4.78 is 44.3. The number of aromatic nitrogens is 2. The largest absolute Gasteiger partial charge is 0.382 e. The number of carbonyl (C=O) groups excluding carboxylic acids is 1. The molecule has 0 bridgehead atoms. The number of amides is 1. The number of alkyl halides is 2. The lowest BCUT2D eigenvalue weighted by Gasteiger charge is -2.39. The molecule has 1 saturated heterocycles. The third-order valence-corrected chi connectivity index (χ3v) is 7.28. The van der Waals surface area contributed by atoms with Crippen molar-refractivity contribution in [3.63, 3.8) is 0 Å². The molecule has 2 heterocycles. The number of aliphatic hydroxyl groups is 1. The lowest BCUT2D eigenvalue weighted by molar-refractivity contribution is -0.164. The minimum atomic E-state index is -3.34. The minimum absolute atomic E-state index is 0.0254. The number of nitrogens with zero attached hydrogens (tertiary/aromatic N) is 2. The van der Waals surface area contributed by atoms with Crippen LogP contribution < -0.4 is 0 Å².